The minimum atomic E-state index is -0.00245. The summed E-state index contributed by atoms with van der Waals surface area (Å²) in [7, 11) is 0. The molecule has 0 bridgehead atoms. The van der Waals surface area contributed by atoms with E-state index in [-0.39, 0.29) is 5.91 Å². The molecule has 0 fully saturated rings. The Morgan fingerprint density at radius 2 is 1.44 bits per heavy atom. The maximum Gasteiger partial charge on any atom is 0.224 e. The Kier molecular flexibility index (Phi) is 5.06. The van der Waals surface area contributed by atoms with E-state index < -0.39 is 0 Å². The molecule has 0 saturated heterocycles. The fourth-order valence-corrected chi connectivity index (χ4v) is 3.09. The van der Waals surface area contributed by atoms with Gasteiger partial charge in [-0.25, -0.2) is 0 Å². The molecule has 0 spiro atoms. The number of benzene rings is 3. The maximum absolute atomic E-state index is 12.3. The first-order valence-electron chi connectivity index (χ1n) is 9.07. The molecular formula is C23H21NO3. The third-order valence-electron chi connectivity index (χ3n) is 4.52. The standard InChI is InChI=1S/C23H21NO3/c25-23(24-16-18-8-11-21-22(14-18)27-13-12-26-21)15-17-6-9-20(10-7-17)19-4-2-1-3-5-19/h1-11,14H,12-13,15-16H2,(H,24,25). The highest BCUT2D eigenvalue weighted by atomic mass is 16.6. The summed E-state index contributed by atoms with van der Waals surface area (Å²) in [6.07, 6.45) is 0.361. The number of hydrogen-bond donors (Lipinski definition) is 1. The lowest BCUT2D eigenvalue weighted by Gasteiger charge is -2.19. The summed E-state index contributed by atoms with van der Waals surface area (Å²) < 4.78 is 11.1. The normalized spacial score (nSPS) is 12.4. The van der Waals surface area contributed by atoms with E-state index in [1.165, 1.54) is 5.56 Å². The molecule has 0 aliphatic carbocycles. The molecule has 0 radical (unpaired) electrons. The van der Waals surface area contributed by atoms with E-state index >= 15 is 0 Å². The van der Waals surface area contributed by atoms with E-state index in [4.69, 9.17) is 9.47 Å². The molecule has 1 amide bonds. The van der Waals surface area contributed by atoms with E-state index in [1.54, 1.807) is 0 Å². The second kappa shape index (κ2) is 7.96. The van der Waals surface area contributed by atoms with Crippen molar-refractivity contribution < 1.29 is 14.3 Å². The Labute approximate surface area is 158 Å². The molecule has 3 aromatic rings. The van der Waals surface area contributed by atoms with E-state index in [1.807, 2.05) is 48.5 Å². The quantitative estimate of drug-likeness (QED) is 0.749. The van der Waals surface area contributed by atoms with Crippen LogP contribution in [0.15, 0.2) is 72.8 Å². The van der Waals surface area contributed by atoms with Crippen LogP contribution in [0.25, 0.3) is 11.1 Å². The van der Waals surface area contributed by atoms with Gasteiger partial charge in [0.2, 0.25) is 5.91 Å². The van der Waals surface area contributed by atoms with Gasteiger partial charge in [0.15, 0.2) is 11.5 Å². The zero-order valence-electron chi connectivity index (χ0n) is 15.0. The van der Waals surface area contributed by atoms with Crippen molar-refractivity contribution in [1.29, 1.82) is 0 Å². The van der Waals surface area contributed by atoms with Gasteiger partial charge in [0.25, 0.3) is 0 Å². The molecule has 1 N–H and O–H groups in total. The van der Waals surface area contributed by atoms with Crippen LogP contribution >= 0.6 is 0 Å². The number of carbonyl (C=O) groups is 1. The van der Waals surface area contributed by atoms with Crippen LogP contribution in [0.5, 0.6) is 11.5 Å². The summed E-state index contributed by atoms with van der Waals surface area (Å²) in [5, 5.41) is 2.97. The lowest BCUT2D eigenvalue weighted by Crippen LogP contribution is -2.24. The molecule has 4 rings (SSSR count). The van der Waals surface area contributed by atoms with Gasteiger partial charge in [0, 0.05) is 6.54 Å². The molecule has 27 heavy (non-hydrogen) atoms. The van der Waals surface area contributed by atoms with Gasteiger partial charge in [-0.15, -0.1) is 0 Å². The fourth-order valence-electron chi connectivity index (χ4n) is 3.09. The van der Waals surface area contributed by atoms with Gasteiger partial charge in [0.05, 0.1) is 6.42 Å². The predicted octanol–water partition coefficient (Wildman–Crippen LogP) is 3.98. The Morgan fingerprint density at radius 1 is 0.778 bits per heavy atom. The number of fused-ring (bicyclic) bond motifs is 1. The lowest BCUT2D eigenvalue weighted by molar-refractivity contribution is -0.120. The zero-order valence-corrected chi connectivity index (χ0v) is 15.0. The first-order chi connectivity index (χ1) is 13.3. The van der Waals surface area contributed by atoms with Gasteiger partial charge in [-0.2, -0.15) is 0 Å². The zero-order chi connectivity index (χ0) is 18.5. The minimum Gasteiger partial charge on any atom is -0.486 e. The molecule has 4 nitrogen and oxygen atoms in total. The third kappa shape index (κ3) is 4.29. The van der Waals surface area contributed by atoms with Crippen molar-refractivity contribution in [3.05, 3.63) is 83.9 Å². The Balaban J connectivity index is 1.33. The van der Waals surface area contributed by atoms with E-state index in [2.05, 4.69) is 29.6 Å². The van der Waals surface area contributed by atoms with E-state index in [0.29, 0.717) is 26.2 Å². The lowest BCUT2D eigenvalue weighted by atomic mass is 10.0. The van der Waals surface area contributed by atoms with Crippen molar-refractivity contribution in [3.8, 4) is 22.6 Å². The van der Waals surface area contributed by atoms with Crippen molar-refractivity contribution in [2.24, 2.45) is 0 Å². The largest absolute Gasteiger partial charge is 0.486 e. The van der Waals surface area contributed by atoms with Crippen LogP contribution in [-0.4, -0.2) is 19.1 Å². The van der Waals surface area contributed by atoms with Gasteiger partial charge in [-0.1, -0.05) is 60.7 Å². The molecule has 4 heteroatoms. The summed E-state index contributed by atoms with van der Waals surface area (Å²) in [4.78, 5) is 12.3. The van der Waals surface area contributed by atoms with Gasteiger partial charge in [0.1, 0.15) is 13.2 Å². The number of hydrogen-bond acceptors (Lipinski definition) is 3. The van der Waals surface area contributed by atoms with Crippen molar-refractivity contribution >= 4 is 5.91 Å². The highest BCUT2D eigenvalue weighted by Crippen LogP contribution is 2.30. The highest BCUT2D eigenvalue weighted by Gasteiger charge is 2.12. The van der Waals surface area contributed by atoms with Crippen molar-refractivity contribution in [2.75, 3.05) is 13.2 Å². The molecule has 0 aromatic heterocycles. The topological polar surface area (TPSA) is 47.6 Å². The van der Waals surface area contributed by atoms with Crippen LogP contribution in [0.3, 0.4) is 0 Å². The minimum absolute atomic E-state index is 0.00245. The molecule has 1 aliphatic heterocycles. The maximum atomic E-state index is 12.3. The summed E-state index contributed by atoms with van der Waals surface area (Å²) in [6, 6.07) is 24.1. The summed E-state index contributed by atoms with van der Waals surface area (Å²) in [5.74, 6) is 1.50. The smallest absolute Gasteiger partial charge is 0.224 e. The average Bonchev–Trinajstić information content (AvgIpc) is 2.73. The van der Waals surface area contributed by atoms with Crippen LogP contribution in [0, 0.1) is 0 Å². The van der Waals surface area contributed by atoms with Crippen molar-refractivity contribution in [2.45, 2.75) is 13.0 Å². The number of nitrogens with one attached hydrogen (secondary N) is 1. The fraction of sp³-hybridized carbons (Fsp3) is 0.174. The number of rotatable bonds is 5. The molecule has 1 aliphatic rings. The van der Waals surface area contributed by atoms with E-state index in [0.717, 1.165) is 28.2 Å². The number of amides is 1. The SMILES string of the molecule is O=C(Cc1ccc(-c2ccccc2)cc1)NCc1ccc2c(c1)OCCO2. The Bertz CT molecular complexity index is 920. The van der Waals surface area contributed by atoms with Gasteiger partial charge >= 0.3 is 0 Å². The summed E-state index contributed by atoms with van der Waals surface area (Å²) in [6.45, 7) is 1.60. The first-order valence-corrected chi connectivity index (χ1v) is 9.07. The molecule has 0 saturated carbocycles. The second-order valence-electron chi connectivity index (χ2n) is 6.49. The van der Waals surface area contributed by atoms with Crippen LogP contribution in [-0.2, 0) is 17.8 Å². The van der Waals surface area contributed by atoms with Gasteiger partial charge < -0.3 is 14.8 Å². The highest BCUT2D eigenvalue weighted by molar-refractivity contribution is 5.79. The van der Waals surface area contributed by atoms with Crippen LogP contribution < -0.4 is 14.8 Å². The number of ether oxygens (including phenoxy) is 2. The molecule has 1 heterocycles. The van der Waals surface area contributed by atoms with Crippen LogP contribution in [0.2, 0.25) is 0 Å². The molecule has 0 unspecified atom stereocenters. The third-order valence-corrected chi connectivity index (χ3v) is 4.52. The molecular weight excluding hydrogens is 338 g/mol. The molecule has 3 aromatic carbocycles. The van der Waals surface area contributed by atoms with E-state index in [9.17, 15) is 4.79 Å². The molecule has 0 atom stereocenters. The van der Waals surface area contributed by atoms with Crippen molar-refractivity contribution in [3.63, 3.8) is 0 Å². The van der Waals surface area contributed by atoms with Gasteiger partial charge in [-0.05, 0) is 34.4 Å². The summed E-state index contributed by atoms with van der Waals surface area (Å²) >= 11 is 0. The molecule has 136 valence electrons. The summed E-state index contributed by atoms with van der Waals surface area (Å²) in [5.41, 5.74) is 4.31. The monoisotopic (exact) mass is 359 g/mol. The van der Waals surface area contributed by atoms with Crippen LogP contribution in [0.1, 0.15) is 11.1 Å². The Morgan fingerprint density at radius 3 is 2.22 bits per heavy atom. The van der Waals surface area contributed by atoms with Crippen molar-refractivity contribution in [1.82, 2.24) is 5.32 Å². The Hall–Kier alpha value is -3.27. The van der Waals surface area contributed by atoms with Crippen LogP contribution in [0.4, 0.5) is 0 Å². The second-order valence-corrected chi connectivity index (χ2v) is 6.49. The predicted molar refractivity (Wildman–Crippen MR) is 105 cm³/mol. The first kappa shape index (κ1) is 17.2. The van der Waals surface area contributed by atoms with Gasteiger partial charge in [-0.3, -0.25) is 4.79 Å². The average molecular weight is 359 g/mol. The number of carbonyl (C=O) groups excluding carboxylic acids is 1.